The van der Waals surface area contributed by atoms with Crippen molar-refractivity contribution in [3.63, 3.8) is 0 Å². The van der Waals surface area contributed by atoms with Crippen LogP contribution >= 0.6 is 0 Å². The monoisotopic (exact) mass is 285 g/mol. The zero-order valence-electron chi connectivity index (χ0n) is 10.7. The third-order valence-corrected chi connectivity index (χ3v) is 5.11. The van der Waals surface area contributed by atoms with Gasteiger partial charge in [-0.3, -0.25) is 0 Å². The van der Waals surface area contributed by atoms with Gasteiger partial charge in [-0.25, -0.2) is 13.1 Å². The van der Waals surface area contributed by atoms with Gasteiger partial charge in [-0.2, -0.15) is 0 Å². The fraction of sp³-hybridized carbons (Fsp3) is 0.667. The number of sulfonamides is 1. The normalized spacial score (nSPS) is 23.9. The molecule has 1 atom stereocenters. The predicted octanol–water partition coefficient (Wildman–Crippen LogP) is 0.349. The molecule has 1 saturated heterocycles. The molecule has 2 heterocycles. The van der Waals surface area contributed by atoms with Crippen LogP contribution in [-0.4, -0.2) is 32.2 Å². The van der Waals surface area contributed by atoms with Crippen LogP contribution in [0.4, 0.5) is 0 Å². The fourth-order valence-electron chi connectivity index (χ4n) is 2.41. The average molecular weight is 285 g/mol. The summed E-state index contributed by atoms with van der Waals surface area (Å²) in [6.07, 6.45) is 4.64. The number of rotatable bonds is 5. The summed E-state index contributed by atoms with van der Waals surface area (Å²) in [7, 11) is -3.47. The fourth-order valence-corrected chi connectivity index (χ4v) is 3.72. The molecule has 1 aliphatic carbocycles. The molecule has 6 nitrogen and oxygen atoms in total. The minimum absolute atomic E-state index is 0.115. The van der Waals surface area contributed by atoms with Gasteiger partial charge in [-0.1, -0.05) is 0 Å². The summed E-state index contributed by atoms with van der Waals surface area (Å²) >= 11 is 0. The van der Waals surface area contributed by atoms with Crippen molar-refractivity contribution in [2.24, 2.45) is 5.73 Å². The number of hydrogen-bond acceptors (Lipinski definition) is 4. The van der Waals surface area contributed by atoms with Crippen LogP contribution in [0.3, 0.4) is 0 Å². The Kier molecular flexibility index (Phi) is 3.38. The molecule has 0 aromatic carbocycles. The molecule has 1 saturated carbocycles. The first-order valence-electron chi connectivity index (χ1n) is 6.61. The van der Waals surface area contributed by atoms with E-state index in [-0.39, 0.29) is 6.04 Å². The van der Waals surface area contributed by atoms with Crippen LogP contribution in [0.1, 0.15) is 31.0 Å². The molecule has 19 heavy (non-hydrogen) atoms. The van der Waals surface area contributed by atoms with Gasteiger partial charge in [0.15, 0.2) is 0 Å². The minimum atomic E-state index is -3.47. The molecule has 2 fully saturated rings. The van der Waals surface area contributed by atoms with E-state index in [1.165, 1.54) is 0 Å². The standard InChI is InChI=1S/C12H19N3O3S/c13-6-11-5-12(7-15(11)10-1-2-10)19(16,17)14-9-3-4-18-8-9/h5,7,9-10,14H,1-4,6,8,13H2. The molecule has 3 N–H and O–H groups in total. The van der Waals surface area contributed by atoms with E-state index in [1.807, 2.05) is 4.57 Å². The second-order valence-corrected chi connectivity index (χ2v) is 6.91. The first-order valence-corrected chi connectivity index (χ1v) is 8.09. The van der Waals surface area contributed by atoms with E-state index in [2.05, 4.69) is 4.72 Å². The van der Waals surface area contributed by atoms with Gasteiger partial charge < -0.3 is 15.0 Å². The SMILES string of the molecule is NCc1cc(S(=O)(=O)NC2CCOC2)cn1C1CC1. The van der Waals surface area contributed by atoms with E-state index >= 15 is 0 Å². The van der Waals surface area contributed by atoms with Gasteiger partial charge in [0.05, 0.1) is 11.5 Å². The maximum atomic E-state index is 12.3. The summed E-state index contributed by atoms with van der Waals surface area (Å²) in [4.78, 5) is 0.312. The molecule has 1 unspecified atom stereocenters. The van der Waals surface area contributed by atoms with Crippen LogP contribution in [0.5, 0.6) is 0 Å². The third-order valence-electron chi connectivity index (χ3n) is 3.62. The van der Waals surface area contributed by atoms with Crippen LogP contribution in [0, 0.1) is 0 Å². The number of aromatic nitrogens is 1. The highest BCUT2D eigenvalue weighted by atomic mass is 32.2. The highest BCUT2D eigenvalue weighted by Gasteiger charge is 2.29. The summed E-state index contributed by atoms with van der Waals surface area (Å²) in [5.74, 6) is 0. The van der Waals surface area contributed by atoms with Gasteiger partial charge in [-0.05, 0) is 25.3 Å². The van der Waals surface area contributed by atoms with Gasteiger partial charge in [-0.15, -0.1) is 0 Å². The van der Waals surface area contributed by atoms with Crippen LogP contribution in [-0.2, 0) is 21.3 Å². The lowest BCUT2D eigenvalue weighted by Gasteiger charge is -2.09. The number of hydrogen-bond donors (Lipinski definition) is 2. The molecule has 0 bridgehead atoms. The van der Waals surface area contributed by atoms with Gasteiger partial charge in [0.2, 0.25) is 10.0 Å². The molecule has 1 aromatic rings. The van der Waals surface area contributed by atoms with E-state index in [9.17, 15) is 8.42 Å². The van der Waals surface area contributed by atoms with Crippen molar-refractivity contribution in [2.75, 3.05) is 13.2 Å². The first-order chi connectivity index (χ1) is 9.10. The Labute approximate surface area is 113 Å². The third kappa shape index (κ3) is 2.69. The molecule has 1 aromatic heterocycles. The summed E-state index contributed by atoms with van der Waals surface area (Å²) in [6, 6.07) is 1.99. The Bertz CT molecular complexity index is 557. The molecule has 0 spiro atoms. The molecule has 106 valence electrons. The van der Waals surface area contributed by atoms with E-state index in [4.69, 9.17) is 10.5 Å². The first kappa shape index (κ1) is 13.1. The van der Waals surface area contributed by atoms with Crippen molar-refractivity contribution in [2.45, 2.75) is 42.8 Å². The van der Waals surface area contributed by atoms with E-state index in [0.29, 0.717) is 30.7 Å². The van der Waals surface area contributed by atoms with Gasteiger partial charge in [0.25, 0.3) is 0 Å². The van der Waals surface area contributed by atoms with Crippen LogP contribution < -0.4 is 10.5 Å². The highest BCUT2D eigenvalue weighted by molar-refractivity contribution is 7.89. The summed E-state index contributed by atoms with van der Waals surface area (Å²) < 4.78 is 34.5. The zero-order chi connectivity index (χ0) is 13.5. The molecule has 0 amide bonds. The minimum Gasteiger partial charge on any atom is -0.380 e. The molecule has 7 heteroatoms. The van der Waals surface area contributed by atoms with Gasteiger partial charge >= 0.3 is 0 Å². The Hall–Kier alpha value is -0.890. The molecular formula is C12H19N3O3S. The lowest BCUT2D eigenvalue weighted by Crippen LogP contribution is -2.34. The molecular weight excluding hydrogens is 266 g/mol. The van der Waals surface area contributed by atoms with E-state index in [1.54, 1.807) is 12.3 Å². The lowest BCUT2D eigenvalue weighted by atomic mass is 10.3. The van der Waals surface area contributed by atoms with Gasteiger partial charge in [0.1, 0.15) is 0 Å². The van der Waals surface area contributed by atoms with E-state index < -0.39 is 10.0 Å². The Morgan fingerprint density at radius 1 is 1.42 bits per heavy atom. The van der Waals surface area contributed by atoms with Crippen LogP contribution in [0.15, 0.2) is 17.2 Å². The van der Waals surface area contributed by atoms with Crippen LogP contribution in [0.2, 0.25) is 0 Å². The number of ether oxygens (including phenoxy) is 1. The highest BCUT2D eigenvalue weighted by Crippen LogP contribution is 2.37. The van der Waals surface area contributed by atoms with E-state index in [0.717, 1.165) is 25.0 Å². The number of nitrogens with two attached hydrogens (primary N) is 1. The second-order valence-electron chi connectivity index (χ2n) is 5.19. The summed E-state index contributed by atoms with van der Waals surface area (Å²) in [5, 5.41) is 0. The smallest absolute Gasteiger partial charge is 0.242 e. The zero-order valence-corrected chi connectivity index (χ0v) is 11.5. The van der Waals surface area contributed by atoms with Crippen molar-refractivity contribution in [3.05, 3.63) is 18.0 Å². The Morgan fingerprint density at radius 3 is 2.79 bits per heavy atom. The van der Waals surface area contributed by atoms with Crippen molar-refractivity contribution >= 4 is 10.0 Å². The van der Waals surface area contributed by atoms with Crippen molar-refractivity contribution in [3.8, 4) is 0 Å². The van der Waals surface area contributed by atoms with Crippen molar-refractivity contribution < 1.29 is 13.2 Å². The molecule has 3 rings (SSSR count). The second kappa shape index (κ2) is 4.90. The van der Waals surface area contributed by atoms with Crippen molar-refractivity contribution in [1.82, 2.24) is 9.29 Å². The maximum Gasteiger partial charge on any atom is 0.242 e. The van der Waals surface area contributed by atoms with Crippen molar-refractivity contribution in [1.29, 1.82) is 0 Å². The molecule has 2 aliphatic rings. The molecule has 1 aliphatic heterocycles. The summed E-state index contributed by atoms with van der Waals surface area (Å²) in [5.41, 5.74) is 6.56. The quantitative estimate of drug-likeness (QED) is 0.817. The predicted molar refractivity (Wildman–Crippen MR) is 70.1 cm³/mol. The maximum absolute atomic E-state index is 12.3. The Morgan fingerprint density at radius 2 is 2.21 bits per heavy atom. The Balaban J connectivity index is 1.83. The average Bonchev–Trinajstić information content (AvgIpc) is 2.91. The topological polar surface area (TPSA) is 86.3 Å². The summed E-state index contributed by atoms with van der Waals surface area (Å²) in [6.45, 7) is 1.43. The lowest BCUT2D eigenvalue weighted by molar-refractivity contribution is 0.192. The number of nitrogens with zero attached hydrogens (tertiary/aromatic N) is 1. The van der Waals surface area contributed by atoms with Crippen LogP contribution in [0.25, 0.3) is 0 Å². The largest absolute Gasteiger partial charge is 0.380 e. The number of nitrogens with one attached hydrogen (secondary N) is 1. The molecule has 0 radical (unpaired) electrons. The van der Waals surface area contributed by atoms with Gasteiger partial charge in [0, 0.05) is 37.1 Å².